The molecule has 5 heteroatoms. The molecule has 5 nitrogen and oxygen atoms in total. The lowest BCUT2D eigenvalue weighted by atomic mass is 10.2. The number of hydrogen-bond donors (Lipinski definition) is 2. The highest BCUT2D eigenvalue weighted by Crippen LogP contribution is 2.06. The molecule has 0 aliphatic carbocycles. The van der Waals surface area contributed by atoms with Gasteiger partial charge in [-0.2, -0.15) is 0 Å². The Morgan fingerprint density at radius 3 is 2.30 bits per heavy atom. The summed E-state index contributed by atoms with van der Waals surface area (Å²) in [4.78, 5) is 22.8. The van der Waals surface area contributed by atoms with Crippen molar-refractivity contribution in [3.05, 3.63) is 48.0 Å². The van der Waals surface area contributed by atoms with Crippen LogP contribution in [0.2, 0.25) is 0 Å². The third-order valence-corrected chi connectivity index (χ3v) is 2.74. The number of hydrogen-bond acceptors (Lipinski definition) is 2. The molecular formula is C15H19NO4. The van der Waals surface area contributed by atoms with Crippen LogP contribution in [0.4, 0.5) is 4.79 Å². The first-order chi connectivity index (χ1) is 9.59. The molecular weight excluding hydrogens is 258 g/mol. The van der Waals surface area contributed by atoms with Crippen molar-refractivity contribution in [1.29, 1.82) is 0 Å². The normalized spacial score (nSPS) is 10.6. The van der Waals surface area contributed by atoms with Gasteiger partial charge in [-0.1, -0.05) is 42.5 Å². The maximum absolute atomic E-state index is 11.1. The average Bonchev–Trinajstić information content (AvgIpc) is 2.42. The number of rotatable bonds is 8. The van der Waals surface area contributed by atoms with E-state index in [4.69, 9.17) is 10.2 Å². The van der Waals surface area contributed by atoms with Gasteiger partial charge in [-0.05, 0) is 18.4 Å². The van der Waals surface area contributed by atoms with E-state index in [2.05, 4.69) is 0 Å². The summed E-state index contributed by atoms with van der Waals surface area (Å²) in [5.41, 5.74) is 0.949. The Labute approximate surface area is 118 Å². The lowest BCUT2D eigenvalue weighted by Crippen LogP contribution is -2.29. The van der Waals surface area contributed by atoms with E-state index in [-0.39, 0.29) is 6.42 Å². The first-order valence-electron chi connectivity index (χ1n) is 6.48. The average molecular weight is 277 g/mol. The SMILES string of the molecule is O=C(O)CCC=CCCN(Cc1ccccc1)C(=O)O. The minimum absolute atomic E-state index is 0.100. The summed E-state index contributed by atoms with van der Waals surface area (Å²) in [7, 11) is 0. The molecule has 108 valence electrons. The van der Waals surface area contributed by atoms with Gasteiger partial charge in [0.05, 0.1) is 0 Å². The van der Waals surface area contributed by atoms with Gasteiger partial charge >= 0.3 is 12.1 Å². The number of carbonyl (C=O) groups is 2. The van der Waals surface area contributed by atoms with E-state index >= 15 is 0 Å². The Bertz CT molecular complexity index is 456. The zero-order valence-electron chi connectivity index (χ0n) is 11.2. The van der Waals surface area contributed by atoms with Crippen LogP contribution < -0.4 is 0 Å². The smallest absolute Gasteiger partial charge is 0.407 e. The number of benzene rings is 1. The van der Waals surface area contributed by atoms with Crippen molar-refractivity contribution in [1.82, 2.24) is 4.90 Å². The lowest BCUT2D eigenvalue weighted by molar-refractivity contribution is -0.136. The van der Waals surface area contributed by atoms with Gasteiger partial charge in [0.15, 0.2) is 0 Å². The molecule has 0 aliphatic rings. The third kappa shape index (κ3) is 6.58. The minimum atomic E-state index is -0.951. The van der Waals surface area contributed by atoms with Gasteiger partial charge in [0.2, 0.25) is 0 Å². The van der Waals surface area contributed by atoms with E-state index in [0.717, 1.165) is 5.56 Å². The minimum Gasteiger partial charge on any atom is -0.481 e. The summed E-state index contributed by atoms with van der Waals surface area (Å²) in [6.07, 6.45) is 3.80. The topological polar surface area (TPSA) is 77.8 Å². The number of carboxylic acids is 1. The highest BCUT2D eigenvalue weighted by atomic mass is 16.4. The molecule has 0 bridgehead atoms. The van der Waals surface area contributed by atoms with Gasteiger partial charge < -0.3 is 15.1 Å². The first-order valence-corrected chi connectivity index (χ1v) is 6.48. The van der Waals surface area contributed by atoms with Gasteiger partial charge in [-0.25, -0.2) is 4.79 Å². The van der Waals surface area contributed by atoms with Crippen LogP contribution in [0.15, 0.2) is 42.5 Å². The van der Waals surface area contributed by atoms with E-state index in [1.54, 1.807) is 6.08 Å². The number of amides is 1. The molecule has 1 rings (SSSR count). The molecule has 0 aliphatic heterocycles. The Kier molecular flexibility index (Phi) is 6.89. The number of allylic oxidation sites excluding steroid dienone is 1. The number of aliphatic carboxylic acids is 1. The van der Waals surface area contributed by atoms with Crippen molar-refractivity contribution in [2.75, 3.05) is 6.54 Å². The fourth-order valence-electron chi connectivity index (χ4n) is 1.72. The zero-order chi connectivity index (χ0) is 14.8. The molecule has 1 aromatic rings. The van der Waals surface area contributed by atoms with Crippen LogP contribution in [-0.2, 0) is 11.3 Å². The summed E-state index contributed by atoms with van der Waals surface area (Å²) in [5.74, 6) is -0.828. The van der Waals surface area contributed by atoms with Gasteiger partial charge in [0.25, 0.3) is 0 Å². The van der Waals surface area contributed by atoms with Gasteiger partial charge in [0, 0.05) is 19.5 Å². The highest BCUT2D eigenvalue weighted by molar-refractivity contribution is 5.66. The lowest BCUT2D eigenvalue weighted by Gasteiger charge is -2.18. The largest absolute Gasteiger partial charge is 0.481 e. The van der Waals surface area contributed by atoms with Crippen LogP contribution in [0.1, 0.15) is 24.8 Å². The molecule has 0 aromatic heterocycles. The standard InChI is InChI=1S/C15H19NO4/c17-14(18)10-6-1-2-7-11-16(15(19)20)12-13-8-4-3-5-9-13/h1-5,8-9H,6-7,10-12H2,(H,17,18)(H,19,20). The number of nitrogens with zero attached hydrogens (tertiary/aromatic N) is 1. The predicted octanol–water partition coefficient (Wildman–Crippen LogP) is 2.98. The van der Waals surface area contributed by atoms with Gasteiger partial charge in [-0.3, -0.25) is 4.79 Å². The van der Waals surface area contributed by atoms with E-state index in [1.807, 2.05) is 36.4 Å². The first kappa shape index (κ1) is 15.8. The maximum atomic E-state index is 11.1. The fraction of sp³-hybridized carbons (Fsp3) is 0.333. The summed E-state index contributed by atoms with van der Waals surface area (Å²) >= 11 is 0. The van der Waals surface area contributed by atoms with Crippen LogP contribution in [0.3, 0.4) is 0 Å². The quantitative estimate of drug-likeness (QED) is 0.716. The molecule has 20 heavy (non-hydrogen) atoms. The van der Waals surface area contributed by atoms with Crippen molar-refractivity contribution in [3.63, 3.8) is 0 Å². The second-order valence-corrected chi connectivity index (χ2v) is 4.38. The summed E-state index contributed by atoms with van der Waals surface area (Å²) in [6, 6.07) is 9.42. The second kappa shape index (κ2) is 8.74. The Morgan fingerprint density at radius 2 is 1.70 bits per heavy atom. The zero-order valence-corrected chi connectivity index (χ0v) is 11.2. The predicted molar refractivity (Wildman–Crippen MR) is 75.5 cm³/mol. The molecule has 0 atom stereocenters. The molecule has 0 fully saturated rings. The Morgan fingerprint density at radius 1 is 1.05 bits per heavy atom. The molecule has 0 unspecified atom stereocenters. The molecule has 0 spiro atoms. The molecule has 0 radical (unpaired) electrons. The van der Waals surface area contributed by atoms with Crippen LogP contribution >= 0.6 is 0 Å². The van der Waals surface area contributed by atoms with Crippen molar-refractivity contribution in [3.8, 4) is 0 Å². The Balaban J connectivity index is 2.36. The van der Waals surface area contributed by atoms with Gasteiger partial charge in [-0.15, -0.1) is 0 Å². The third-order valence-electron chi connectivity index (χ3n) is 2.74. The summed E-state index contributed by atoms with van der Waals surface area (Å²) in [5, 5.41) is 17.6. The number of carboxylic acid groups (broad SMARTS) is 2. The van der Waals surface area contributed by atoms with Crippen LogP contribution in [0.5, 0.6) is 0 Å². The Hall–Kier alpha value is -2.30. The van der Waals surface area contributed by atoms with E-state index in [9.17, 15) is 9.59 Å². The van der Waals surface area contributed by atoms with Crippen molar-refractivity contribution in [2.24, 2.45) is 0 Å². The van der Waals surface area contributed by atoms with E-state index in [0.29, 0.717) is 25.9 Å². The van der Waals surface area contributed by atoms with Crippen molar-refractivity contribution >= 4 is 12.1 Å². The van der Waals surface area contributed by atoms with Crippen LogP contribution in [0.25, 0.3) is 0 Å². The molecule has 1 amide bonds. The van der Waals surface area contributed by atoms with Crippen LogP contribution in [-0.4, -0.2) is 33.7 Å². The molecule has 1 aromatic carbocycles. The molecule has 0 saturated carbocycles. The molecule has 0 heterocycles. The second-order valence-electron chi connectivity index (χ2n) is 4.38. The van der Waals surface area contributed by atoms with E-state index < -0.39 is 12.1 Å². The summed E-state index contributed by atoms with van der Waals surface area (Å²) in [6.45, 7) is 0.757. The van der Waals surface area contributed by atoms with Crippen molar-refractivity contribution < 1.29 is 19.8 Å². The maximum Gasteiger partial charge on any atom is 0.407 e. The van der Waals surface area contributed by atoms with Crippen LogP contribution in [0, 0.1) is 0 Å². The molecule has 2 N–H and O–H groups in total. The highest BCUT2D eigenvalue weighted by Gasteiger charge is 2.10. The fourth-order valence-corrected chi connectivity index (χ4v) is 1.72. The summed E-state index contributed by atoms with van der Waals surface area (Å²) < 4.78 is 0. The van der Waals surface area contributed by atoms with Gasteiger partial charge in [0.1, 0.15) is 0 Å². The van der Waals surface area contributed by atoms with Crippen molar-refractivity contribution in [2.45, 2.75) is 25.8 Å². The van der Waals surface area contributed by atoms with E-state index in [1.165, 1.54) is 4.90 Å². The molecule has 0 saturated heterocycles. The monoisotopic (exact) mass is 277 g/mol.